The highest BCUT2D eigenvalue weighted by molar-refractivity contribution is 5.95. The second-order valence-electron chi connectivity index (χ2n) is 9.58. The number of rotatable bonds is 7. The third-order valence-corrected chi connectivity index (χ3v) is 7.49. The van der Waals surface area contributed by atoms with E-state index in [9.17, 15) is 9.59 Å². The fourth-order valence-electron chi connectivity index (χ4n) is 5.54. The van der Waals surface area contributed by atoms with Crippen LogP contribution in [-0.4, -0.2) is 80.5 Å². The number of aromatic nitrogens is 1. The number of aromatic amines is 1. The molecule has 2 aromatic carbocycles. The first-order chi connectivity index (χ1) is 18.5. The lowest BCUT2D eigenvalue weighted by Crippen LogP contribution is -2.51. The monoisotopic (exact) mass is 521 g/mol. The minimum atomic E-state index is -0.361. The maximum absolute atomic E-state index is 13.7. The molecule has 1 fully saturated rings. The highest BCUT2D eigenvalue weighted by Crippen LogP contribution is 2.41. The Balaban J connectivity index is 1.48. The highest BCUT2D eigenvalue weighted by atomic mass is 16.5. The number of hydrogen-bond donors (Lipinski definition) is 1. The second kappa shape index (κ2) is 11.3. The van der Waals surface area contributed by atoms with Crippen molar-refractivity contribution in [3.05, 3.63) is 58.8 Å². The van der Waals surface area contributed by atoms with Crippen LogP contribution in [-0.2, 0) is 22.3 Å². The first-order valence-corrected chi connectivity index (χ1v) is 13.2. The predicted octanol–water partition coefficient (Wildman–Crippen LogP) is 4.35. The largest absolute Gasteiger partial charge is 0.493 e. The quantitative estimate of drug-likeness (QED) is 0.465. The van der Waals surface area contributed by atoms with Gasteiger partial charge in [-0.25, -0.2) is 9.59 Å². The Labute approximate surface area is 222 Å². The van der Waals surface area contributed by atoms with E-state index in [0.29, 0.717) is 56.5 Å². The van der Waals surface area contributed by atoms with E-state index in [1.807, 2.05) is 41.1 Å². The van der Waals surface area contributed by atoms with Crippen LogP contribution < -0.4 is 9.47 Å². The number of carbonyl (C=O) groups excluding carboxylic acids is 2. The van der Waals surface area contributed by atoms with Gasteiger partial charge in [-0.1, -0.05) is 0 Å². The standard InChI is InChI=1S/C29H35N3O6/c1-4-38-27-17-23-19(16-26(27)35-2)9-10-32(29(34)31-11-13-37-14-12-31)25(23)8-6-21-18-30-24-7-5-20(15-22(21)24)28(33)36-3/h5,7,15-18,25,30H,4,6,8-14H2,1-3H3. The lowest BCUT2D eigenvalue weighted by molar-refractivity contribution is 0.0376. The van der Waals surface area contributed by atoms with Crippen LogP contribution in [0, 0.1) is 0 Å². The van der Waals surface area contributed by atoms with E-state index < -0.39 is 0 Å². The highest BCUT2D eigenvalue weighted by Gasteiger charge is 2.35. The molecule has 1 N–H and O–H groups in total. The fourth-order valence-corrected chi connectivity index (χ4v) is 5.54. The summed E-state index contributed by atoms with van der Waals surface area (Å²) in [6.07, 6.45) is 4.18. The van der Waals surface area contributed by atoms with Crippen molar-refractivity contribution in [1.29, 1.82) is 0 Å². The molecule has 0 aliphatic carbocycles. The number of fused-ring (bicyclic) bond motifs is 2. The minimum absolute atomic E-state index is 0.0460. The number of aryl methyl sites for hydroxylation is 1. The van der Waals surface area contributed by atoms with Gasteiger partial charge in [-0.2, -0.15) is 0 Å². The van der Waals surface area contributed by atoms with E-state index in [-0.39, 0.29) is 18.0 Å². The Bertz CT molecular complexity index is 1310. The summed E-state index contributed by atoms with van der Waals surface area (Å²) >= 11 is 0. The molecule has 0 spiro atoms. The molecule has 2 aliphatic heterocycles. The van der Waals surface area contributed by atoms with Crippen molar-refractivity contribution in [2.75, 3.05) is 53.7 Å². The van der Waals surface area contributed by atoms with Crippen LogP contribution in [0.5, 0.6) is 11.5 Å². The van der Waals surface area contributed by atoms with Crippen LogP contribution in [0.3, 0.4) is 0 Å². The van der Waals surface area contributed by atoms with Gasteiger partial charge in [0.2, 0.25) is 0 Å². The van der Waals surface area contributed by atoms with Gasteiger partial charge in [0.05, 0.1) is 45.6 Å². The number of esters is 1. The van der Waals surface area contributed by atoms with Crippen LogP contribution in [0.15, 0.2) is 36.5 Å². The Morgan fingerprint density at radius 2 is 1.89 bits per heavy atom. The van der Waals surface area contributed by atoms with Crippen LogP contribution in [0.25, 0.3) is 10.9 Å². The van der Waals surface area contributed by atoms with Crippen LogP contribution in [0.2, 0.25) is 0 Å². The maximum Gasteiger partial charge on any atom is 0.337 e. The molecular formula is C29H35N3O6. The third-order valence-electron chi connectivity index (χ3n) is 7.49. The summed E-state index contributed by atoms with van der Waals surface area (Å²) in [7, 11) is 3.04. The summed E-state index contributed by atoms with van der Waals surface area (Å²) in [6.45, 7) is 5.42. The Hall–Kier alpha value is -3.72. The maximum atomic E-state index is 13.7. The topological polar surface area (TPSA) is 93.3 Å². The first-order valence-electron chi connectivity index (χ1n) is 13.2. The van der Waals surface area contributed by atoms with E-state index in [2.05, 4.69) is 11.1 Å². The summed E-state index contributed by atoms with van der Waals surface area (Å²) in [4.78, 5) is 33.1. The molecule has 2 amide bonds. The number of urea groups is 1. The number of morpholine rings is 1. The Morgan fingerprint density at radius 1 is 1.08 bits per heavy atom. The molecular weight excluding hydrogens is 486 g/mol. The number of ether oxygens (including phenoxy) is 4. The average molecular weight is 522 g/mol. The zero-order valence-corrected chi connectivity index (χ0v) is 22.2. The van der Waals surface area contributed by atoms with Gasteiger partial charge in [0, 0.05) is 36.7 Å². The van der Waals surface area contributed by atoms with Crippen LogP contribution in [0.4, 0.5) is 4.79 Å². The summed E-state index contributed by atoms with van der Waals surface area (Å²) < 4.78 is 21.9. The van der Waals surface area contributed by atoms with Gasteiger partial charge in [-0.3, -0.25) is 0 Å². The molecule has 5 rings (SSSR count). The van der Waals surface area contributed by atoms with E-state index in [4.69, 9.17) is 18.9 Å². The molecule has 3 aromatic rings. The molecule has 1 atom stereocenters. The number of carbonyl (C=O) groups is 2. The predicted molar refractivity (Wildman–Crippen MR) is 143 cm³/mol. The molecule has 2 aliphatic rings. The molecule has 1 unspecified atom stereocenters. The van der Waals surface area contributed by atoms with Gasteiger partial charge >= 0.3 is 12.0 Å². The molecule has 0 radical (unpaired) electrons. The van der Waals surface area contributed by atoms with Gasteiger partial charge in [0.25, 0.3) is 0 Å². The van der Waals surface area contributed by atoms with Gasteiger partial charge in [0.1, 0.15) is 0 Å². The van der Waals surface area contributed by atoms with Crippen molar-refractivity contribution in [2.24, 2.45) is 0 Å². The minimum Gasteiger partial charge on any atom is -0.493 e. The smallest absolute Gasteiger partial charge is 0.337 e. The fraction of sp³-hybridized carbons (Fsp3) is 0.448. The molecule has 38 heavy (non-hydrogen) atoms. The van der Waals surface area contributed by atoms with Crippen molar-refractivity contribution in [1.82, 2.24) is 14.8 Å². The molecule has 0 bridgehead atoms. The molecule has 9 nitrogen and oxygen atoms in total. The zero-order chi connectivity index (χ0) is 26.6. The second-order valence-corrected chi connectivity index (χ2v) is 9.58. The van der Waals surface area contributed by atoms with Gasteiger partial charge in [0.15, 0.2) is 11.5 Å². The van der Waals surface area contributed by atoms with Gasteiger partial charge < -0.3 is 33.7 Å². The zero-order valence-electron chi connectivity index (χ0n) is 22.2. The summed E-state index contributed by atoms with van der Waals surface area (Å²) in [6, 6.07) is 9.55. The average Bonchev–Trinajstić information content (AvgIpc) is 3.37. The SMILES string of the molecule is CCOc1cc2c(cc1OC)CCN(C(=O)N1CCOCC1)C2CCc1c[nH]c2ccc(C(=O)OC)cc12. The van der Waals surface area contributed by atoms with Crippen molar-refractivity contribution >= 4 is 22.9 Å². The summed E-state index contributed by atoms with van der Waals surface area (Å²) in [5.74, 6) is 1.04. The first kappa shape index (κ1) is 25.9. The number of nitrogens with one attached hydrogen (secondary N) is 1. The molecule has 202 valence electrons. The summed E-state index contributed by atoms with van der Waals surface area (Å²) in [5, 5.41) is 0.986. The van der Waals surface area contributed by atoms with E-state index in [1.54, 1.807) is 13.2 Å². The number of methoxy groups -OCH3 is 2. The Morgan fingerprint density at radius 3 is 2.63 bits per heavy atom. The van der Waals surface area contributed by atoms with E-state index in [1.165, 1.54) is 12.7 Å². The van der Waals surface area contributed by atoms with Crippen molar-refractivity contribution in [2.45, 2.75) is 32.2 Å². The lowest BCUT2D eigenvalue weighted by Gasteiger charge is -2.41. The van der Waals surface area contributed by atoms with Crippen molar-refractivity contribution in [3.63, 3.8) is 0 Å². The van der Waals surface area contributed by atoms with E-state index in [0.717, 1.165) is 41.3 Å². The number of H-pyrrole nitrogens is 1. The van der Waals surface area contributed by atoms with Crippen molar-refractivity contribution in [3.8, 4) is 11.5 Å². The molecule has 1 saturated heterocycles. The molecule has 1 aromatic heterocycles. The van der Waals surface area contributed by atoms with Crippen LogP contribution in [0.1, 0.15) is 46.4 Å². The van der Waals surface area contributed by atoms with Crippen molar-refractivity contribution < 1.29 is 28.5 Å². The summed E-state index contributed by atoms with van der Waals surface area (Å²) in [5.41, 5.74) is 4.84. The molecule has 3 heterocycles. The number of nitrogens with zero attached hydrogens (tertiary/aromatic N) is 2. The van der Waals surface area contributed by atoms with Gasteiger partial charge in [-0.15, -0.1) is 0 Å². The molecule has 0 saturated carbocycles. The third kappa shape index (κ3) is 5.03. The lowest BCUT2D eigenvalue weighted by atomic mass is 9.88. The molecule has 9 heteroatoms. The van der Waals surface area contributed by atoms with Gasteiger partial charge in [-0.05, 0) is 73.2 Å². The Kier molecular flexibility index (Phi) is 7.74. The normalized spacial score (nSPS) is 17.3. The number of amides is 2. The number of hydrogen-bond acceptors (Lipinski definition) is 6. The van der Waals surface area contributed by atoms with Crippen LogP contribution >= 0.6 is 0 Å². The van der Waals surface area contributed by atoms with E-state index >= 15 is 0 Å². The number of benzene rings is 2.